The van der Waals surface area contributed by atoms with Crippen molar-refractivity contribution in [3.8, 4) is 22.6 Å². The zero-order valence-electron chi connectivity index (χ0n) is 9.02. The SMILES string of the molecule is COc1cc(O)cc(C)c1-c1cnoc1N. The second kappa shape index (κ2) is 3.77. The number of aromatic nitrogens is 1. The Bertz CT molecular complexity index is 520. The smallest absolute Gasteiger partial charge is 0.230 e. The van der Waals surface area contributed by atoms with Crippen LogP contribution in [-0.4, -0.2) is 17.4 Å². The van der Waals surface area contributed by atoms with Crippen LogP contribution in [0.5, 0.6) is 11.5 Å². The monoisotopic (exact) mass is 220 g/mol. The van der Waals surface area contributed by atoms with Crippen molar-refractivity contribution in [1.29, 1.82) is 0 Å². The predicted molar refractivity (Wildman–Crippen MR) is 59.3 cm³/mol. The number of aryl methyl sites for hydroxylation is 1. The van der Waals surface area contributed by atoms with E-state index in [9.17, 15) is 5.11 Å². The van der Waals surface area contributed by atoms with E-state index in [0.717, 1.165) is 11.1 Å². The third-order valence-electron chi connectivity index (χ3n) is 2.37. The van der Waals surface area contributed by atoms with Gasteiger partial charge in [-0.05, 0) is 18.6 Å². The lowest BCUT2D eigenvalue weighted by Gasteiger charge is -2.10. The molecule has 0 spiro atoms. The molecule has 1 heterocycles. The van der Waals surface area contributed by atoms with Crippen LogP contribution in [-0.2, 0) is 0 Å². The second-order valence-corrected chi connectivity index (χ2v) is 3.44. The van der Waals surface area contributed by atoms with Crippen LogP contribution >= 0.6 is 0 Å². The average Bonchev–Trinajstić information content (AvgIpc) is 2.63. The van der Waals surface area contributed by atoms with Crippen molar-refractivity contribution >= 4 is 5.88 Å². The number of methoxy groups -OCH3 is 1. The summed E-state index contributed by atoms with van der Waals surface area (Å²) >= 11 is 0. The van der Waals surface area contributed by atoms with Gasteiger partial charge in [0.2, 0.25) is 5.88 Å². The molecule has 0 atom stereocenters. The number of anilines is 1. The first-order valence-corrected chi connectivity index (χ1v) is 4.71. The number of benzene rings is 1. The molecule has 1 aromatic carbocycles. The third-order valence-corrected chi connectivity index (χ3v) is 2.37. The molecule has 2 rings (SSSR count). The van der Waals surface area contributed by atoms with Crippen molar-refractivity contribution < 1.29 is 14.4 Å². The fourth-order valence-corrected chi connectivity index (χ4v) is 1.68. The molecule has 0 radical (unpaired) electrons. The van der Waals surface area contributed by atoms with E-state index in [1.807, 2.05) is 6.92 Å². The lowest BCUT2D eigenvalue weighted by atomic mass is 10.0. The highest BCUT2D eigenvalue weighted by atomic mass is 16.5. The largest absolute Gasteiger partial charge is 0.508 e. The standard InChI is InChI=1S/C11H12N2O3/c1-6-3-7(14)4-9(15-2)10(6)8-5-13-16-11(8)12/h3-5,14H,12H2,1-2H3. The van der Waals surface area contributed by atoms with Gasteiger partial charge in [0.1, 0.15) is 11.5 Å². The second-order valence-electron chi connectivity index (χ2n) is 3.44. The summed E-state index contributed by atoms with van der Waals surface area (Å²) in [6, 6.07) is 3.15. The maximum absolute atomic E-state index is 9.47. The Kier molecular flexibility index (Phi) is 2.44. The average molecular weight is 220 g/mol. The zero-order valence-corrected chi connectivity index (χ0v) is 9.02. The normalized spacial score (nSPS) is 10.4. The van der Waals surface area contributed by atoms with Gasteiger partial charge in [-0.2, -0.15) is 0 Å². The molecule has 0 amide bonds. The Labute approximate surface area is 92.4 Å². The van der Waals surface area contributed by atoms with Crippen molar-refractivity contribution in [3.05, 3.63) is 23.9 Å². The fraction of sp³-hybridized carbons (Fsp3) is 0.182. The first-order valence-electron chi connectivity index (χ1n) is 4.71. The van der Waals surface area contributed by atoms with Gasteiger partial charge in [0.05, 0.1) is 18.9 Å². The summed E-state index contributed by atoms with van der Waals surface area (Å²) in [7, 11) is 1.53. The van der Waals surface area contributed by atoms with Crippen LogP contribution in [0, 0.1) is 6.92 Å². The highest BCUT2D eigenvalue weighted by Gasteiger charge is 2.16. The first kappa shape index (κ1) is 10.4. The van der Waals surface area contributed by atoms with Crippen molar-refractivity contribution in [2.45, 2.75) is 6.92 Å². The van der Waals surface area contributed by atoms with E-state index in [0.29, 0.717) is 11.3 Å². The number of aromatic hydroxyl groups is 1. The topological polar surface area (TPSA) is 81.5 Å². The number of nitrogens with zero attached hydrogens (tertiary/aromatic N) is 1. The van der Waals surface area contributed by atoms with Gasteiger partial charge in [-0.15, -0.1) is 0 Å². The lowest BCUT2D eigenvalue weighted by molar-refractivity contribution is 0.408. The van der Waals surface area contributed by atoms with E-state index >= 15 is 0 Å². The quantitative estimate of drug-likeness (QED) is 0.808. The maximum atomic E-state index is 9.47. The summed E-state index contributed by atoms with van der Waals surface area (Å²) in [6.07, 6.45) is 1.53. The van der Waals surface area contributed by atoms with Gasteiger partial charge < -0.3 is 20.1 Å². The summed E-state index contributed by atoms with van der Waals surface area (Å²) in [5, 5.41) is 13.1. The van der Waals surface area contributed by atoms with E-state index in [-0.39, 0.29) is 11.6 Å². The first-order chi connectivity index (χ1) is 7.63. The van der Waals surface area contributed by atoms with E-state index in [2.05, 4.69) is 5.16 Å². The molecule has 0 aliphatic carbocycles. The number of phenolic OH excluding ortho intramolecular Hbond substituents is 1. The molecule has 0 bridgehead atoms. The molecule has 0 fully saturated rings. The molecule has 5 heteroatoms. The number of ether oxygens (including phenoxy) is 1. The molecule has 0 saturated carbocycles. The van der Waals surface area contributed by atoms with Crippen molar-refractivity contribution in [2.75, 3.05) is 12.8 Å². The van der Waals surface area contributed by atoms with Gasteiger partial charge in [0.15, 0.2) is 0 Å². The molecule has 84 valence electrons. The van der Waals surface area contributed by atoms with Crippen molar-refractivity contribution in [2.24, 2.45) is 0 Å². The molecule has 0 unspecified atom stereocenters. The molecule has 16 heavy (non-hydrogen) atoms. The third kappa shape index (κ3) is 1.56. The minimum atomic E-state index is 0.146. The minimum Gasteiger partial charge on any atom is -0.508 e. The minimum absolute atomic E-state index is 0.146. The molecule has 3 N–H and O–H groups in total. The van der Waals surface area contributed by atoms with Crippen LogP contribution < -0.4 is 10.5 Å². The highest BCUT2D eigenvalue weighted by molar-refractivity contribution is 5.80. The van der Waals surface area contributed by atoms with Crippen LogP contribution in [0.1, 0.15) is 5.56 Å². The summed E-state index contributed by atoms with van der Waals surface area (Å²) < 4.78 is 10.0. The maximum Gasteiger partial charge on any atom is 0.230 e. The molecular weight excluding hydrogens is 208 g/mol. The Morgan fingerprint density at radius 1 is 1.44 bits per heavy atom. The highest BCUT2D eigenvalue weighted by Crippen LogP contribution is 2.38. The molecule has 5 nitrogen and oxygen atoms in total. The number of rotatable bonds is 2. The van der Waals surface area contributed by atoms with Gasteiger partial charge in [0, 0.05) is 11.6 Å². The van der Waals surface area contributed by atoms with Crippen LogP contribution in [0.15, 0.2) is 22.9 Å². The lowest BCUT2D eigenvalue weighted by Crippen LogP contribution is -1.93. The fourth-order valence-electron chi connectivity index (χ4n) is 1.68. The summed E-state index contributed by atoms with van der Waals surface area (Å²) in [6.45, 7) is 1.85. The summed E-state index contributed by atoms with van der Waals surface area (Å²) in [4.78, 5) is 0. The van der Waals surface area contributed by atoms with Crippen LogP contribution in [0.4, 0.5) is 5.88 Å². The van der Waals surface area contributed by atoms with Gasteiger partial charge >= 0.3 is 0 Å². The number of hydrogen-bond donors (Lipinski definition) is 2. The Morgan fingerprint density at radius 3 is 2.75 bits per heavy atom. The molecule has 0 saturated heterocycles. The molecule has 0 aliphatic rings. The Hall–Kier alpha value is -2.17. The number of nitrogen functional groups attached to an aromatic ring is 1. The van der Waals surface area contributed by atoms with E-state index < -0.39 is 0 Å². The molecule has 1 aromatic heterocycles. The van der Waals surface area contributed by atoms with Crippen LogP contribution in [0.25, 0.3) is 11.1 Å². The van der Waals surface area contributed by atoms with Gasteiger partial charge in [-0.3, -0.25) is 0 Å². The van der Waals surface area contributed by atoms with E-state index in [1.54, 1.807) is 6.07 Å². The van der Waals surface area contributed by atoms with Crippen LogP contribution in [0.3, 0.4) is 0 Å². The summed E-state index contributed by atoms with van der Waals surface area (Å²) in [5.74, 6) is 0.910. The molecule has 2 aromatic rings. The van der Waals surface area contributed by atoms with Crippen molar-refractivity contribution in [3.63, 3.8) is 0 Å². The van der Waals surface area contributed by atoms with Crippen molar-refractivity contribution in [1.82, 2.24) is 5.16 Å². The predicted octanol–water partition coefficient (Wildman–Crippen LogP) is 1.95. The molecular formula is C11H12N2O3. The number of phenols is 1. The van der Waals surface area contributed by atoms with E-state index in [1.165, 1.54) is 19.4 Å². The Balaban J connectivity index is 2.69. The zero-order chi connectivity index (χ0) is 11.7. The summed E-state index contributed by atoms with van der Waals surface area (Å²) in [5.41, 5.74) is 7.93. The van der Waals surface area contributed by atoms with Gasteiger partial charge in [0.25, 0.3) is 0 Å². The van der Waals surface area contributed by atoms with Gasteiger partial charge in [-0.25, -0.2) is 0 Å². The molecule has 0 aliphatic heterocycles. The van der Waals surface area contributed by atoms with Crippen LogP contribution in [0.2, 0.25) is 0 Å². The van der Waals surface area contributed by atoms with E-state index in [4.69, 9.17) is 15.0 Å². The Morgan fingerprint density at radius 2 is 2.19 bits per heavy atom. The number of nitrogens with two attached hydrogens (primary N) is 1. The van der Waals surface area contributed by atoms with Gasteiger partial charge in [-0.1, -0.05) is 5.16 Å². The number of hydrogen-bond acceptors (Lipinski definition) is 5.